The molecule has 3 nitrogen and oxygen atoms in total. The summed E-state index contributed by atoms with van der Waals surface area (Å²) in [6, 6.07) is 17.0. The number of carbonyl (C=O) groups excluding carboxylic acids is 1. The van der Waals surface area contributed by atoms with Crippen molar-refractivity contribution < 1.29 is 9.90 Å². The fraction of sp³-hybridized carbons (Fsp3) is 0.158. The number of aryl methyl sites for hydroxylation is 1. The lowest BCUT2D eigenvalue weighted by molar-refractivity contribution is -0.122. The molecular formula is C19H17NO2S2. The van der Waals surface area contributed by atoms with Gasteiger partial charge in [0.2, 0.25) is 0 Å². The summed E-state index contributed by atoms with van der Waals surface area (Å²) in [6.07, 6.45) is 3.62. The third kappa shape index (κ3) is 4.04. The maximum Gasteiger partial charge on any atom is 0.266 e. The first-order chi connectivity index (χ1) is 11.6. The van der Waals surface area contributed by atoms with E-state index in [1.54, 1.807) is 29.2 Å². The molecular weight excluding hydrogens is 338 g/mol. The maximum absolute atomic E-state index is 12.5. The summed E-state index contributed by atoms with van der Waals surface area (Å²) in [4.78, 5) is 14.8. The molecule has 1 saturated heterocycles. The van der Waals surface area contributed by atoms with Crippen molar-refractivity contribution in [3.63, 3.8) is 0 Å². The van der Waals surface area contributed by atoms with Crippen LogP contribution in [0.1, 0.15) is 17.5 Å². The lowest BCUT2D eigenvalue weighted by Crippen LogP contribution is -2.29. The highest BCUT2D eigenvalue weighted by Crippen LogP contribution is 2.32. The van der Waals surface area contributed by atoms with Crippen molar-refractivity contribution in [2.45, 2.75) is 12.8 Å². The number of hydrogen-bond donors (Lipinski definition) is 1. The van der Waals surface area contributed by atoms with E-state index in [1.165, 1.54) is 17.3 Å². The van der Waals surface area contributed by atoms with Crippen LogP contribution in [0.4, 0.5) is 0 Å². The summed E-state index contributed by atoms with van der Waals surface area (Å²) in [5.74, 6) is 0.173. The third-order valence-corrected chi connectivity index (χ3v) is 5.13. The molecule has 24 heavy (non-hydrogen) atoms. The first kappa shape index (κ1) is 16.7. The Morgan fingerprint density at radius 2 is 1.79 bits per heavy atom. The van der Waals surface area contributed by atoms with Crippen molar-refractivity contribution in [3.05, 3.63) is 70.6 Å². The van der Waals surface area contributed by atoms with E-state index >= 15 is 0 Å². The summed E-state index contributed by atoms with van der Waals surface area (Å²) < 4.78 is 0.609. The van der Waals surface area contributed by atoms with Crippen LogP contribution in [0.25, 0.3) is 6.08 Å². The SMILES string of the molecule is O=C1/C(=C\c2ccc(O)cc2)SC(=S)N1CCCc1ccccc1. The van der Waals surface area contributed by atoms with E-state index in [4.69, 9.17) is 12.2 Å². The molecule has 1 aliphatic rings. The number of aromatic hydroxyl groups is 1. The van der Waals surface area contributed by atoms with E-state index in [0.717, 1.165) is 18.4 Å². The molecule has 1 heterocycles. The van der Waals surface area contributed by atoms with Gasteiger partial charge < -0.3 is 5.11 Å². The Kier molecular flexibility index (Phi) is 5.33. The van der Waals surface area contributed by atoms with Gasteiger partial charge in [-0.25, -0.2) is 0 Å². The molecule has 1 aliphatic heterocycles. The van der Waals surface area contributed by atoms with Gasteiger partial charge in [0, 0.05) is 6.54 Å². The number of phenols is 1. The van der Waals surface area contributed by atoms with Gasteiger partial charge in [-0.3, -0.25) is 9.69 Å². The Balaban J connectivity index is 1.62. The number of phenolic OH excluding ortho intramolecular Hbond substituents is 1. The van der Waals surface area contributed by atoms with Crippen LogP contribution >= 0.6 is 24.0 Å². The van der Waals surface area contributed by atoms with Gasteiger partial charge in [0.15, 0.2) is 0 Å². The quantitative estimate of drug-likeness (QED) is 0.644. The van der Waals surface area contributed by atoms with E-state index in [2.05, 4.69) is 12.1 Å². The van der Waals surface area contributed by atoms with Crippen LogP contribution in [0, 0.1) is 0 Å². The number of nitrogens with zero attached hydrogens (tertiary/aromatic N) is 1. The number of thioether (sulfide) groups is 1. The average molecular weight is 355 g/mol. The Bertz CT molecular complexity index is 770. The molecule has 0 saturated carbocycles. The monoisotopic (exact) mass is 355 g/mol. The van der Waals surface area contributed by atoms with E-state index in [-0.39, 0.29) is 11.7 Å². The minimum atomic E-state index is -0.0360. The largest absolute Gasteiger partial charge is 0.508 e. The average Bonchev–Trinajstić information content (AvgIpc) is 2.85. The Hall–Kier alpha value is -2.11. The van der Waals surface area contributed by atoms with Crippen LogP contribution < -0.4 is 0 Å². The highest BCUT2D eigenvalue weighted by Gasteiger charge is 2.31. The molecule has 1 N–H and O–H groups in total. The predicted molar refractivity (Wildman–Crippen MR) is 103 cm³/mol. The van der Waals surface area contributed by atoms with Gasteiger partial charge in [0.05, 0.1) is 4.91 Å². The van der Waals surface area contributed by atoms with Gasteiger partial charge in [-0.1, -0.05) is 66.4 Å². The van der Waals surface area contributed by atoms with Gasteiger partial charge in [0.25, 0.3) is 5.91 Å². The Morgan fingerprint density at radius 3 is 2.50 bits per heavy atom. The molecule has 0 radical (unpaired) electrons. The Morgan fingerprint density at radius 1 is 1.08 bits per heavy atom. The molecule has 1 fully saturated rings. The lowest BCUT2D eigenvalue weighted by atomic mass is 10.1. The van der Waals surface area contributed by atoms with Crippen molar-refractivity contribution in [2.75, 3.05) is 6.54 Å². The summed E-state index contributed by atoms with van der Waals surface area (Å²) in [6.45, 7) is 0.631. The summed E-state index contributed by atoms with van der Waals surface area (Å²) in [5, 5.41) is 9.32. The molecule has 0 aliphatic carbocycles. The Labute approximate surface area is 151 Å². The van der Waals surface area contributed by atoms with Gasteiger partial charge in [-0.2, -0.15) is 0 Å². The minimum Gasteiger partial charge on any atom is -0.508 e. The van der Waals surface area contributed by atoms with E-state index in [1.807, 2.05) is 24.3 Å². The molecule has 0 bridgehead atoms. The summed E-state index contributed by atoms with van der Waals surface area (Å²) in [7, 11) is 0. The summed E-state index contributed by atoms with van der Waals surface area (Å²) >= 11 is 6.68. The van der Waals surface area contributed by atoms with Crippen LogP contribution in [-0.2, 0) is 11.2 Å². The van der Waals surface area contributed by atoms with Crippen molar-refractivity contribution in [1.82, 2.24) is 4.90 Å². The van der Waals surface area contributed by atoms with Gasteiger partial charge >= 0.3 is 0 Å². The topological polar surface area (TPSA) is 40.5 Å². The number of rotatable bonds is 5. The molecule has 122 valence electrons. The van der Waals surface area contributed by atoms with Crippen LogP contribution in [-0.4, -0.2) is 26.8 Å². The third-order valence-electron chi connectivity index (χ3n) is 3.75. The zero-order valence-corrected chi connectivity index (χ0v) is 14.6. The van der Waals surface area contributed by atoms with Crippen LogP contribution in [0.15, 0.2) is 59.5 Å². The van der Waals surface area contributed by atoms with Crippen molar-refractivity contribution in [2.24, 2.45) is 0 Å². The lowest BCUT2D eigenvalue weighted by Gasteiger charge is -2.14. The number of thiocarbonyl (C=S) groups is 1. The molecule has 1 amide bonds. The predicted octanol–water partition coefficient (Wildman–Crippen LogP) is 4.23. The van der Waals surface area contributed by atoms with Crippen LogP contribution in [0.3, 0.4) is 0 Å². The number of carbonyl (C=O) groups is 1. The standard InChI is InChI=1S/C19H17NO2S2/c21-16-10-8-15(9-11-16)13-17-18(22)20(19(23)24-17)12-4-7-14-5-2-1-3-6-14/h1-3,5-6,8-11,13,21H,4,7,12H2/b17-13+. The molecule has 0 unspecified atom stereocenters. The van der Waals surface area contributed by atoms with Crippen molar-refractivity contribution in [3.8, 4) is 5.75 Å². The van der Waals surface area contributed by atoms with Gasteiger partial charge in [-0.05, 0) is 42.2 Å². The van der Waals surface area contributed by atoms with Gasteiger partial charge in [-0.15, -0.1) is 0 Å². The zero-order chi connectivity index (χ0) is 16.9. The van der Waals surface area contributed by atoms with E-state index in [0.29, 0.717) is 15.8 Å². The first-order valence-corrected chi connectivity index (χ1v) is 8.94. The summed E-state index contributed by atoms with van der Waals surface area (Å²) in [5.41, 5.74) is 2.14. The van der Waals surface area contributed by atoms with Gasteiger partial charge in [0.1, 0.15) is 10.1 Å². The number of amides is 1. The fourth-order valence-corrected chi connectivity index (χ4v) is 3.81. The van der Waals surface area contributed by atoms with Crippen LogP contribution in [0.5, 0.6) is 5.75 Å². The zero-order valence-electron chi connectivity index (χ0n) is 13.0. The van der Waals surface area contributed by atoms with Crippen molar-refractivity contribution >= 4 is 40.3 Å². The minimum absolute atomic E-state index is 0.0360. The second-order valence-electron chi connectivity index (χ2n) is 5.51. The molecule has 2 aromatic rings. The van der Waals surface area contributed by atoms with Crippen molar-refractivity contribution in [1.29, 1.82) is 0 Å². The van der Waals surface area contributed by atoms with E-state index < -0.39 is 0 Å². The first-order valence-electron chi connectivity index (χ1n) is 7.72. The fourth-order valence-electron chi connectivity index (χ4n) is 2.50. The maximum atomic E-state index is 12.5. The molecule has 2 aromatic carbocycles. The normalized spacial score (nSPS) is 16.2. The molecule has 0 atom stereocenters. The molecule has 3 rings (SSSR count). The smallest absolute Gasteiger partial charge is 0.266 e. The highest BCUT2D eigenvalue weighted by molar-refractivity contribution is 8.26. The number of benzene rings is 2. The number of hydrogen-bond acceptors (Lipinski definition) is 4. The molecule has 5 heteroatoms. The van der Waals surface area contributed by atoms with E-state index in [9.17, 15) is 9.90 Å². The van der Waals surface area contributed by atoms with Crippen LogP contribution in [0.2, 0.25) is 0 Å². The highest BCUT2D eigenvalue weighted by atomic mass is 32.2. The second-order valence-corrected chi connectivity index (χ2v) is 7.19. The second kappa shape index (κ2) is 7.64. The molecule has 0 spiro atoms. The molecule has 0 aromatic heterocycles.